The number of nitrogens with zero attached hydrogens (tertiary/aromatic N) is 4. The van der Waals surface area contributed by atoms with Gasteiger partial charge in [-0.2, -0.15) is 26.3 Å². The molecule has 422 valence electrons. The van der Waals surface area contributed by atoms with Crippen molar-refractivity contribution < 1.29 is 80.7 Å². The van der Waals surface area contributed by atoms with E-state index in [0.717, 1.165) is 61.2 Å². The number of aliphatic hydroxyl groups is 4. The molecule has 6 radical (unpaired) electrons. The van der Waals surface area contributed by atoms with Crippen LogP contribution in [0.5, 0.6) is 0 Å². The Kier molecular flexibility index (Phi) is 24.0. The molecule has 4 saturated heterocycles. The van der Waals surface area contributed by atoms with Crippen molar-refractivity contribution in [2.45, 2.75) is 75.7 Å². The van der Waals surface area contributed by atoms with Crippen LogP contribution in [0.25, 0.3) is 0 Å². The van der Waals surface area contributed by atoms with E-state index in [-0.39, 0.29) is 24.2 Å². The molecule has 0 saturated carbocycles. The molecule has 0 unspecified atom stereocenters. The maximum atomic E-state index is 10.7. The first-order valence-electron chi connectivity index (χ1n) is 24.4. The van der Waals surface area contributed by atoms with Crippen molar-refractivity contribution in [2.75, 3.05) is 52.9 Å². The summed E-state index contributed by atoms with van der Waals surface area (Å²) in [7, 11) is -12.2. The van der Waals surface area contributed by atoms with Crippen LogP contribution in [0.2, 0.25) is 0 Å². The average Bonchev–Trinajstić information content (AvgIpc) is 4.30. The zero-order chi connectivity index (χ0) is 57.3. The Labute approximate surface area is 468 Å². The summed E-state index contributed by atoms with van der Waals surface area (Å²) in [6, 6.07) is 41.9. The molecule has 0 aromatic heterocycles. The second-order valence-electron chi connectivity index (χ2n) is 18.3. The molecule has 0 amide bonds. The van der Waals surface area contributed by atoms with E-state index < -0.39 is 31.3 Å². The zero-order valence-corrected chi connectivity index (χ0v) is 48.8. The van der Waals surface area contributed by atoms with Gasteiger partial charge in [-0.1, -0.05) is 13.8 Å². The molecule has 4 fully saturated rings. The fraction of sp³-hybridized carbons (Fsp3) is 0.423. The Morgan fingerprint density at radius 3 is 1.04 bits per heavy atom. The largest absolute Gasteiger partial charge is 0.741 e. The smallest absolute Gasteiger partial charge is 0.485 e. The molecule has 78 heavy (non-hydrogen) atoms. The Morgan fingerprint density at radius 2 is 0.808 bits per heavy atom. The molecule has 6 aliphatic heterocycles. The number of aliphatic imine (C=N–C) groups is 2. The summed E-state index contributed by atoms with van der Waals surface area (Å²) in [5, 5.41) is 0. The summed E-state index contributed by atoms with van der Waals surface area (Å²) in [4.78, 5) is 9.53. The van der Waals surface area contributed by atoms with Gasteiger partial charge in [0.15, 0.2) is 20.2 Å². The average molecular weight is 1260 g/mol. The molecular weight excluding hydrogens is 1200 g/mol. The third kappa shape index (κ3) is 19.0. The van der Waals surface area contributed by atoms with E-state index in [0.29, 0.717) is 38.2 Å². The van der Waals surface area contributed by atoms with Crippen molar-refractivity contribution in [1.82, 2.24) is 7.71 Å². The Bertz CT molecular complexity index is 2670. The molecule has 6 aliphatic rings. The predicted octanol–water partition coefficient (Wildman–Crippen LogP) is 8.30. The van der Waals surface area contributed by atoms with Crippen LogP contribution in [0, 0.1) is 11.8 Å². The molecular formula is C52H60F6Ge2N4O12S2. The van der Waals surface area contributed by atoms with Crippen LogP contribution in [0.4, 0.5) is 26.3 Å². The van der Waals surface area contributed by atoms with E-state index in [2.05, 4.69) is 137 Å². The van der Waals surface area contributed by atoms with E-state index in [4.69, 9.17) is 54.9 Å². The van der Waals surface area contributed by atoms with E-state index >= 15 is 0 Å². The third-order valence-electron chi connectivity index (χ3n) is 12.1. The monoisotopic (exact) mass is 1260 g/mol. The first-order chi connectivity index (χ1) is 36.8. The topological polar surface area (TPSA) is 208 Å². The number of ether oxygens (including phenoxy) is 6. The molecule has 0 spiro atoms. The maximum absolute atomic E-state index is 10.7. The van der Waals surface area contributed by atoms with E-state index in [9.17, 15) is 26.3 Å². The summed E-state index contributed by atoms with van der Waals surface area (Å²) in [6.45, 7) is 15.4. The number of alkyl halides is 6. The standard InChI is InChI=1S/2C20H19GeN2O2.2C5H10O.2CHF3O3S/c2*1-14(19-22-17(12-24-19)15-8-4-2-5-9-15)20-23(21)18(13-25-20)16-10-6-3-7-11-16;2*1-5-2-3-6-4-5;2*2-1(3,4)8(5,6)7/h2*2-11,17-18H,12-13H2,1H3;2*5H,2-4H2,1H3;2*(H,5,6,7)/b2*20-14+;;;;/t2*17-,18-;2*5-;;/m1111../s1. The Morgan fingerprint density at radius 1 is 0.526 bits per heavy atom. The Balaban J connectivity index is 0.000000195. The van der Waals surface area contributed by atoms with E-state index in [1.165, 1.54) is 35.1 Å². The van der Waals surface area contributed by atoms with Crippen molar-refractivity contribution in [3.05, 3.63) is 166 Å². The van der Waals surface area contributed by atoms with Crippen LogP contribution < -0.4 is 0 Å². The summed E-state index contributed by atoms with van der Waals surface area (Å²) in [6.07, 6.45) is 2.64. The van der Waals surface area contributed by atoms with Crippen LogP contribution in [0.1, 0.15) is 87.0 Å². The van der Waals surface area contributed by atoms with Crippen LogP contribution in [0.3, 0.4) is 0 Å². The van der Waals surface area contributed by atoms with Crippen LogP contribution >= 0.6 is 0 Å². The molecule has 4 aromatic rings. The minimum absolute atomic E-state index is 0.0587. The molecule has 0 bridgehead atoms. The van der Waals surface area contributed by atoms with E-state index in [1.807, 2.05) is 62.4 Å². The quantitative estimate of drug-likeness (QED) is 0.0587. The second-order valence-corrected chi connectivity index (χ2v) is 23.0. The van der Waals surface area contributed by atoms with Crippen molar-refractivity contribution in [1.29, 1.82) is 0 Å². The van der Waals surface area contributed by atoms with Crippen LogP contribution in [0.15, 0.2) is 154 Å². The normalized spacial score (nSPS) is 23.9. The summed E-state index contributed by atoms with van der Waals surface area (Å²) in [5.74, 6) is 4.83. The first kappa shape index (κ1) is 63.7. The predicted molar refractivity (Wildman–Crippen MR) is 279 cm³/mol. The zero-order valence-electron chi connectivity index (χ0n) is 42.9. The third-order valence-corrected chi connectivity index (χ3v) is 15.4. The number of benzene rings is 4. The number of halogens is 6. The van der Waals surface area contributed by atoms with Gasteiger partial charge in [-0.3, -0.25) is 0 Å². The summed E-state index contributed by atoms with van der Waals surface area (Å²) >= 11 is 4.13. The number of hydrogen-bond donors (Lipinski definition) is 0. The van der Waals surface area contributed by atoms with Gasteiger partial charge in [0.1, 0.15) is 26.4 Å². The maximum Gasteiger partial charge on any atom is 0.485 e. The first-order valence-corrected chi connectivity index (χ1v) is 29.1. The van der Waals surface area contributed by atoms with Crippen LogP contribution in [-0.4, -0.2) is 152 Å². The fourth-order valence-corrected chi connectivity index (χ4v) is 9.68. The molecule has 4 aromatic carbocycles. The molecule has 10 rings (SSSR count). The molecule has 26 heteroatoms. The van der Waals surface area contributed by atoms with Crippen molar-refractivity contribution in [3.63, 3.8) is 0 Å². The van der Waals surface area contributed by atoms with Gasteiger partial charge in [0.05, 0.1) is 0 Å². The van der Waals surface area contributed by atoms with Crippen molar-refractivity contribution in [3.8, 4) is 0 Å². The molecule has 2 N–H and O–H groups in total. The van der Waals surface area contributed by atoms with Gasteiger partial charge in [0, 0.05) is 24.7 Å². The fourth-order valence-electron chi connectivity index (χ4n) is 7.77. The minimum atomic E-state index is -6.09. The summed E-state index contributed by atoms with van der Waals surface area (Å²) in [5.41, 5.74) is -4.51. The number of hydrogen-bond acceptors (Lipinski definition) is 14. The van der Waals surface area contributed by atoms with Gasteiger partial charge < -0.3 is 18.6 Å². The van der Waals surface area contributed by atoms with Gasteiger partial charge >= 0.3 is 324 Å². The molecule has 0 aliphatic carbocycles. The van der Waals surface area contributed by atoms with Gasteiger partial charge in [0.2, 0.25) is 0 Å². The Hall–Kier alpha value is -5.09. The number of rotatable bonds is 6. The van der Waals surface area contributed by atoms with Crippen molar-refractivity contribution in [2.24, 2.45) is 21.8 Å². The second kappa shape index (κ2) is 29.4. The summed E-state index contributed by atoms with van der Waals surface area (Å²) < 4.78 is 154. The van der Waals surface area contributed by atoms with Gasteiger partial charge in [-0.25, -0.2) is 16.8 Å². The van der Waals surface area contributed by atoms with Crippen LogP contribution in [-0.2, 0) is 39.2 Å². The van der Waals surface area contributed by atoms with E-state index in [1.54, 1.807) is 0 Å². The molecule has 16 nitrogen and oxygen atoms in total. The molecule has 6 atom stereocenters. The minimum Gasteiger partial charge on any atom is -0.741 e. The molecule has 6 heterocycles. The van der Waals surface area contributed by atoms with Crippen molar-refractivity contribution >= 4 is 65.5 Å². The van der Waals surface area contributed by atoms with Gasteiger partial charge in [-0.05, 0) is 0 Å². The van der Waals surface area contributed by atoms with Gasteiger partial charge in [-0.15, -0.1) is 0 Å². The SMILES string of the molecule is C/C(C1=N[C@@H](c2ccccc2)CO1)=C1\OC[C@H](c2ccccc2)[N]1[Ge].C/C(C1=N[C@@H](c2ccccc2)CO1)=C1\OC[C@H](c2ccccc2)[N]1[Ge].C[C@@H]1CC[OH+]C1.C[C@@H]1CC[OH+]C1.O=S(=O)([O-])C(F)(F)F.O=S(=O)([O-])C(F)(F)F. The van der Waals surface area contributed by atoms with Gasteiger partial charge in [0.25, 0.3) is 0 Å².